The molecule has 0 amide bonds. The van der Waals surface area contributed by atoms with Crippen LogP contribution in [0.25, 0.3) is 0 Å². The number of aryl methyl sites for hydroxylation is 1. The van der Waals surface area contributed by atoms with E-state index in [4.69, 9.17) is 0 Å². The van der Waals surface area contributed by atoms with E-state index in [-0.39, 0.29) is 0 Å². The summed E-state index contributed by atoms with van der Waals surface area (Å²) in [4.78, 5) is 5.50. The zero-order chi connectivity index (χ0) is 22.3. The van der Waals surface area contributed by atoms with Crippen molar-refractivity contribution < 1.29 is 0 Å². The Kier molecular flexibility index (Phi) is 7.55. The topological polar surface area (TPSA) is 6.48 Å². The minimum absolute atomic E-state index is 0.662. The second-order valence-electron chi connectivity index (χ2n) is 10.1. The summed E-state index contributed by atoms with van der Waals surface area (Å²) >= 11 is 0. The first-order valence-electron chi connectivity index (χ1n) is 12.9. The van der Waals surface area contributed by atoms with E-state index in [1.54, 1.807) is 0 Å². The number of hydrogen-bond donors (Lipinski definition) is 0. The maximum absolute atomic E-state index is 2.76. The molecule has 2 unspecified atom stereocenters. The van der Waals surface area contributed by atoms with Gasteiger partial charge in [0.1, 0.15) is 0 Å². The second kappa shape index (κ2) is 11.1. The van der Waals surface area contributed by atoms with Gasteiger partial charge in [-0.2, -0.15) is 0 Å². The molecule has 2 heteroatoms. The Bertz CT molecular complexity index is 948. The molecule has 2 saturated heterocycles. The fraction of sp³-hybridized carbons (Fsp3) is 0.419. The average molecular weight is 439 g/mol. The summed E-state index contributed by atoms with van der Waals surface area (Å²) in [5.41, 5.74) is 4.53. The van der Waals surface area contributed by atoms with E-state index in [0.717, 1.165) is 11.8 Å². The van der Waals surface area contributed by atoms with Gasteiger partial charge in [0.05, 0.1) is 0 Å². The zero-order valence-electron chi connectivity index (χ0n) is 19.9. The number of piperidine rings is 1. The molecular weight excluding hydrogens is 400 g/mol. The summed E-state index contributed by atoms with van der Waals surface area (Å²) in [6, 6.07) is 33.4. The molecule has 0 bridgehead atoms. The van der Waals surface area contributed by atoms with Crippen molar-refractivity contribution in [3.63, 3.8) is 0 Å². The molecule has 2 aliphatic rings. The van der Waals surface area contributed by atoms with Gasteiger partial charge >= 0.3 is 0 Å². The molecule has 0 spiro atoms. The van der Waals surface area contributed by atoms with Gasteiger partial charge in [0.15, 0.2) is 0 Å². The maximum atomic E-state index is 2.76. The lowest BCUT2D eigenvalue weighted by molar-refractivity contribution is 0.177. The van der Waals surface area contributed by atoms with Crippen molar-refractivity contribution in [2.75, 3.05) is 39.3 Å². The van der Waals surface area contributed by atoms with Gasteiger partial charge in [-0.05, 0) is 73.8 Å². The van der Waals surface area contributed by atoms with Crippen LogP contribution in [-0.2, 0) is 6.42 Å². The molecule has 0 radical (unpaired) electrons. The fourth-order valence-electron chi connectivity index (χ4n) is 6.06. The van der Waals surface area contributed by atoms with Crippen LogP contribution in [0, 0.1) is 5.92 Å². The summed E-state index contributed by atoms with van der Waals surface area (Å²) in [5, 5.41) is 0. The van der Waals surface area contributed by atoms with Crippen molar-refractivity contribution in [3.8, 4) is 0 Å². The molecule has 5 rings (SSSR count). The predicted molar refractivity (Wildman–Crippen MR) is 139 cm³/mol. The summed E-state index contributed by atoms with van der Waals surface area (Å²) in [7, 11) is 0. The molecule has 0 N–H and O–H groups in total. The maximum Gasteiger partial charge on any atom is 0.00540 e. The monoisotopic (exact) mass is 438 g/mol. The van der Waals surface area contributed by atoms with Crippen LogP contribution in [0.3, 0.4) is 0 Å². The van der Waals surface area contributed by atoms with Crippen LogP contribution in [0.5, 0.6) is 0 Å². The fourth-order valence-corrected chi connectivity index (χ4v) is 6.06. The number of likely N-dealkylation sites (tertiary alicyclic amines) is 2. The van der Waals surface area contributed by atoms with Gasteiger partial charge in [0.25, 0.3) is 0 Å². The predicted octanol–water partition coefficient (Wildman–Crippen LogP) is 6.21. The number of rotatable bonds is 8. The van der Waals surface area contributed by atoms with Gasteiger partial charge in [-0.15, -0.1) is 0 Å². The lowest BCUT2D eigenvalue weighted by Crippen LogP contribution is -2.38. The minimum Gasteiger partial charge on any atom is -0.303 e. The molecule has 2 atom stereocenters. The third-order valence-electron chi connectivity index (χ3n) is 7.88. The third kappa shape index (κ3) is 5.93. The summed E-state index contributed by atoms with van der Waals surface area (Å²) in [6.45, 7) is 7.40. The molecule has 0 saturated carbocycles. The van der Waals surface area contributed by atoms with E-state index in [2.05, 4.69) is 101 Å². The number of hydrogen-bond acceptors (Lipinski definition) is 2. The molecule has 0 aromatic heterocycles. The first-order valence-corrected chi connectivity index (χ1v) is 12.9. The Morgan fingerprint density at radius 1 is 0.636 bits per heavy atom. The summed E-state index contributed by atoms with van der Waals surface area (Å²) in [5.74, 6) is 2.14. The van der Waals surface area contributed by atoms with Crippen LogP contribution >= 0.6 is 0 Å². The van der Waals surface area contributed by atoms with E-state index in [0.29, 0.717) is 5.92 Å². The minimum atomic E-state index is 0.662. The molecule has 2 nitrogen and oxygen atoms in total. The molecule has 172 valence electrons. The normalized spacial score (nSPS) is 22.5. The van der Waals surface area contributed by atoms with Crippen LogP contribution < -0.4 is 0 Å². The largest absolute Gasteiger partial charge is 0.303 e. The highest BCUT2D eigenvalue weighted by Crippen LogP contribution is 2.35. The first-order chi connectivity index (χ1) is 16.3. The van der Waals surface area contributed by atoms with Gasteiger partial charge < -0.3 is 9.80 Å². The highest BCUT2D eigenvalue weighted by atomic mass is 15.2. The number of nitrogens with zero attached hydrogens (tertiary/aromatic N) is 2. The van der Waals surface area contributed by atoms with Crippen LogP contribution in [-0.4, -0.2) is 49.1 Å². The van der Waals surface area contributed by atoms with Gasteiger partial charge in [0.2, 0.25) is 0 Å². The van der Waals surface area contributed by atoms with E-state index >= 15 is 0 Å². The lowest BCUT2D eigenvalue weighted by Gasteiger charge is -2.35. The van der Waals surface area contributed by atoms with Crippen molar-refractivity contribution in [3.05, 3.63) is 108 Å². The zero-order valence-corrected chi connectivity index (χ0v) is 19.9. The highest BCUT2D eigenvalue weighted by Gasteiger charge is 2.35. The van der Waals surface area contributed by atoms with Crippen molar-refractivity contribution >= 4 is 0 Å². The lowest BCUT2D eigenvalue weighted by atomic mass is 9.86. The molecule has 0 aliphatic carbocycles. The number of benzene rings is 3. The van der Waals surface area contributed by atoms with Crippen molar-refractivity contribution in [2.45, 2.75) is 37.5 Å². The Balaban J connectivity index is 1.17. The van der Waals surface area contributed by atoms with Gasteiger partial charge in [0, 0.05) is 25.6 Å². The molecular formula is C31H38N2. The first kappa shape index (κ1) is 22.4. The van der Waals surface area contributed by atoms with E-state index < -0.39 is 0 Å². The van der Waals surface area contributed by atoms with Gasteiger partial charge in [-0.3, -0.25) is 0 Å². The quantitative estimate of drug-likeness (QED) is 0.412. The van der Waals surface area contributed by atoms with Crippen LogP contribution in [0.4, 0.5) is 0 Å². The van der Waals surface area contributed by atoms with E-state index in [9.17, 15) is 0 Å². The van der Waals surface area contributed by atoms with Crippen molar-refractivity contribution in [1.82, 2.24) is 9.80 Å². The highest BCUT2D eigenvalue weighted by molar-refractivity contribution is 5.23. The second-order valence-corrected chi connectivity index (χ2v) is 10.1. The molecule has 3 aromatic carbocycles. The molecule has 2 aliphatic heterocycles. The summed E-state index contributed by atoms with van der Waals surface area (Å²) in [6.07, 6.45) is 5.03. The molecule has 2 fully saturated rings. The molecule has 3 aromatic rings. The van der Waals surface area contributed by atoms with Crippen molar-refractivity contribution in [1.29, 1.82) is 0 Å². The average Bonchev–Trinajstić information content (AvgIpc) is 3.28. The Hall–Kier alpha value is -2.42. The van der Waals surface area contributed by atoms with Crippen LogP contribution in [0.15, 0.2) is 91.0 Å². The Labute approximate surface area is 200 Å². The molecule has 33 heavy (non-hydrogen) atoms. The van der Waals surface area contributed by atoms with Crippen molar-refractivity contribution in [2.24, 2.45) is 5.92 Å². The smallest absolute Gasteiger partial charge is 0.00540 e. The SMILES string of the molecule is c1ccc(CCCN2CC(CN3CCC(c4ccccc4)CC3)C(c3ccccc3)C2)cc1. The Morgan fingerprint density at radius 2 is 1.24 bits per heavy atom. The third-order valence-corrected chi connectivity index (χ3v) is 7.88. The van der Waals surface area contributed by atoms with Crippen LogP contribution in [0.1, 0.15) is 47.8 Å². The summed E-state index contributed by atoms with van der Waals surface area (Å²) < 4.78 is 0. The van der Waals surface area contributed by atoms with E-state index in [1.807, 2.05) is 0 Å². The van der Waals surface area contributed by atoms with Gasteiger partial charge in [-0.1, -0.05) is 91.0 Å². The van der Waals surface area contributed by atoms with E-state index in [1.165, 1.54) is 81.6 Å². The molecule has 2 heterocycles. The Morgan fingerprint density at radius 3 is 1.91 bits per heavy atom. The standard InChI is InChI=1S/C31H38N2/c1-4-11-26(12-5-1)13-10-20-33-24-30(31(25-33)29-16-8-3-9-17-29)23-32-21-18-28(19-22-32)27-14-6-2-7-15-27/h1-9,11-12,14-17,28,30-31H,10,13,18-25H2. The van der Waals surface area contributed by atoms with Crippen LogP contribution in [0.2, 0.25) is 0 Å². The van der Waals surface area contributed by atoms with Gasteiger partial charge in [-0.25, -0.2) is 0 Å².